The van der Waals surface area contributed by atoms with Crippen LogP contribution in [0.3, 0.4) is 0 Å². The highest BCUT2D eigenvalue weighted by Gasteiger charge is 2.09. The second-order valence-corrected chi connectivity index (χ2v) is 4.32. The number of rotatable bonds is 5. The Hall–Kier alpha value is -1.62. The van der Waals surface area contributed by atoms with E-state index in [1.807, 2.05) is 0 Å². The van der Waals surface area contributed by atoms with E-state index in [-0.39, 0.29) is 11.3 Å². The fourth-order valence-electron chi connectivity index (χ4n) is 1.14. The highest BCUT2D eigenvalue weighted by atomic mass is 32.2. The molecule has 0 aliphatic rings. The highest BCUT2D eigenvalue weighted by molar-refractivity contribution is 8.04. The van der Waals surface area contributed by atoms with Crippen LogP contribution in [0, 0.1) is 18.6 Å². The quantitative estimate of drug-likeness (QED) is 0.604. The van der Waals surface area contributed by atoms with Gasteiger partial charge in [-0.05, 0) is 37.1 Å². The summed E-state index contributed by atoms with van der Waals surface area (Å²) >= 11 is 0.961. The summed E-state index contributed by atoms with van der Waals surface area (Å²) in [6.07, 6.45) is 2.55. The smallest absolute Gasteiger partial charge is 0.152 e. The lowest BCUT2D eigenvalue weighted by molar-refractivity contribution is 0.571. The first-order valence-electron chi connectivity index (χ1n) is 5.01. The lowest BCUT2D eigenvalue weighted by Crippen LogP contribution is -1.96. The van der Waals surface area contributed by atoms with E-state index in [4.69, 9.17) is 0 Å². The van der Waals surface area contributed by atoms with Crippen LogP contribution in [0.25, 0.3) is 0 Å². The summed E-state index contributed by atoms with van der Waals surface area (Å²) in [7, 11) is 0. The third-order valence-corrected chi connectivity index (χ3v) is 2.94. The van der Waals surface area contributed by atoms with Gasteiger partial charge in [0.15, 0.2) is 5.82 Å². The number of nitrogens with one attached hydrogen (secondary N) is 1. The Balaban J connectivity index is 2.84. The molecule has 1 N–H and O–H groups in total. The van der Waals surface area contributed by atoms with Gasteiger partial charge >= 0.3 is 0 Å². The van der Waals surface area contributed by atoms with E-state index < -0.39 is 17.5 Å². The van der Waals surface area contributed by atoms with Crippen LogP contribution in [0.5, 0.6) is 0 Å². The normalized spacial score (nSPS) is 11.2. The van der Waals surface area contributed by atoms with Gasteiger partial charge in [0.25, 0.3) is 0 Å². The molecule has 96 valence electrons. The predicted octanol–water partition coefficient (Wildman–Crippen LogP) is 4.89. The van der Waals surface area contributed by atoms with Crippen molar-refractivity contribution in [2.75, 3.05) is 4.72 Å². The van der Waals surface area contributed by atoms with Crippen molar-refractivity contribution >= 4 is 17.6 Å². The summed E-state index contributed by atoms with van der Waals surface area (Å²) in [6, 6.07) is 2.43. The average molecular weight is 271 g/mol. The summed E-state index contributed by atoms with van der Waals surface area (Å²) in [6.45, 7) is 7.92. The maximum atomic E-state index is 13.6. The molecule has 1 rings (SSSR count). The van der Waals surface area contributed by atoms with E-state index in [1.165, 1.54) is 19.1 Å². The molecule has 0 amide bonds. The van der Waals surface area contributed by atoms with Crippen LogP contribution in [-0.4, -0.2) is 0 Å². The Morgan fingerprint density at radius 2 is 2.06 bits per heavy atom. The number of hydrogen-bond acceptors (Lipinski definition) is 2. The zero-order valence-corrected chi connectivity index (χ0v) is 10.6. The zero-order valence-electron chi connectivity index (χ0n) is 9.77. The summed E-state index contributed by atoms with van der Waals surface area (Å²) < 4.78 is 41.9. The van der Waals surface area contributed by atoms with Crippen LogP contribution < -0.4 is 4.72 Å². The predicted molar refractivity (Wildman–Crippen MR) is 70.8 cm³/mol. The first kappa shape index (κ1) is 14.4. The zero-order chi connectivity index (χ0) is 13.7. The second-order valence-electron chi connectivity index (χ2n) is 3.44. The van der Waals surface area contributed by atoms with Crippen LogP contribution >= 0.6 is 11.9 Å². The largest absolute Gasteiger partial charge is 0.323 e. The number of halogens is 3. The Bertz CT molecular complexity index is 509. The molecule has 5 heteroatoms. The van der Waals surface area contributed by atoms with Crippen molar-refractivity contribution in [1.29, 1.82) is 0 Å². The molecule has 1 aromatic rings. The second kappa shape index (κ2) is 6.35. The Morgan fingerprint density at radius 3 is 2.61 bits per heavy atom. The molecule has 0 unspecified atom stereocenters. The molecule has 0 saturated heterocycles. The van der Waals surface area contributed by atoms with Gasteiger partial charge in [0.05, 0.1) is 5.69 Å². The third kappa shape index (κ3) is 3.70. The minimum Gasteiger partial charge on any atom is -0.323 e. The van der Waals surface area contributed by atoms with Gasteiger partial charge in [0.1, 0.15) is 11.6 Å². The Labute approximate surface area is 108 Å². The van der Waals surface area contributed by atoms with Crippen LogP contribution in [0.15, 0.2) is 48.2 Å². The molecule has 0 atom stereocenters. The van der Waals surface area contributed by atoms with Gasteiger partial charge < -0.3 is 4.72 Å². The van der Waals surface area contributed by atoms with Crippen LogP contribution in [0.2, 0.25) is 0 Å². The van der Waals surface area contributed by atoms with Gasteiger partial charge in [-0.25, -0.2) is 13.2 Å². The van der Waals surface area contributed by atoms with Gasteiger partial charge in [-0.15, -0.1) is 0 Å². The number of allylic oxidation sites excluding steroid dienone is 3. The minimum absolute atomic E-state index is 0.0698. The number of anilines is 1. The third-order valence-electron chi connectivity index (χ3n) is 2.10. The Morgan fingerprint density at radius 1 is 1.39 bits per heavy atom. The minimum atomic E-state index is -0.676. The van der Waals surface area contributed by atoms with Crippen molar-refractivity contribution in [1.82, 2.24) is 0 Å². The molecule has 0 fully saturated rings. The van der Waals surface area contributed by atoms with Gasteiger partial charge in [-0.1, -0.05) is 19.2 Å². The van der Waals surface area contributed by atoms with E-state index in [0.717, 1.165) is 24.1 Å². The monoisotopic (exact) mass is 271 g/mol. The molecule has 1 aromatic carbocycles. The van der Waals surface area contributed by atoms with E-state index in [0.29, 0.717) is 4.91 Å². The lowest BCUT2D eigenvalue weighted by atomic mass is 10.2. The maximum Gasteiger partial charge on any atom is 0.152 e. The van der Waals surface area contributed by atoms with E-state index in [9.17, 15) is 13.2 Å². The van der Waals surface area contributed by atoms with Gasteiger partial charge in [-0.3, -0.25) is 0 Å². The molecule has 0 aliphatic heterocycles. The molecule has 0 aliphatic carbocycles. The molecule has 18 heavy (non-hydrogen) atoms. The van der Waals surface area contributed by atoms with Crippen molar-refractivity contribution in [2.24, 2.45) is 0 Å². The first-order valence-corrected chi connectivity index (χ1v) is 5.83. The van der Waals surface area contributed by atoms with Crippen molar-refractivity contribution in [3.63, 3.8) is 0 Å². The van der Waals surface area contributed by atoms with E-state index in [2.05, 4.69) is 17.9 Å². The lowest BCUT2D eigenvalue weighted by Gasteiger charge is -2.09. The summed E-state index contributed by atoms with van der Waals surface area (Å²) in [4.78, 5) is 0.434. The van der Waals surface area contributed by atoms with Crippen molar-refractivity contribution in [2.45, 2.75) is 6.92 Å². The fourth-order valence-corrected chi connectivity index (χ4v) is 1.79. The fraction of sp³-hybridized carbons (Fsp3) is 0.0769. The van der Waals surface area contributed by atoms with E-state index >= 15 is 0 Å². The van der Waals surface area contributed by atoms with Crippen molar-refractivity contribution in [3.05, 3.63) is 65.4 Å². The average Bonchev–Trinajstić information content (AvgIpc) is 2.33. The topological polar surface area (TPSA) is 12.0 Å². The standard InChI is InChI=1S/C13H12F3NS/c1-4-10(7-8(2)14)18-17-12-6-5-11(15)9(3)13(12)16/h4-7,17H,1-2H2,3H3/b10-7+. The van der Waals surface area contributed by atoms with Gasteiger partial charge in [0, 0.05) is 10.5 Å². The highest BCUT2D eigenvalue weighted by Crippen LogP contribution is 2.26. The summed E-state index contributed by atoms with van der Waals surface area (Å²) in [5.41, 5.74) is 0.0516. The van der Waals surface area contributed by atoms with Gasteiger partial charge in [0.2, 0.25) is 0 Å². The van der Waals surface area contributed by atoms with E-state index in [1.54, 1.807) is 0 Å². The molecular formula is C13H12F3NS. The summed E-state index contributed by atoms with van der Waals surface area (Å²) in [5.74, 6) is -1.92. The molecule has 0 radical (unpaired) electrons. The van der Waals surface area contributed by atoms with Crippen LogP contribution in [0.1, 0.15) is 5.56 Å². The molecule has 0 spiro atoms. The number of benzene rings is 1. The summed E-state index contributed by atoms with van der Waals surface area (Å²) in [5, 5.41) is 0. The first-order chi connectivity index (χ1) is 8.45. The molecular weight excluding hydrogens is 259 g/mol. The molecule has 0 heterocycles. The Kier molecular flexibility index (Phi) is 5.09. The van der Waals surface area contributed by atoms with Crippen LogP contribution in [-0.2, 0) is 0 Å². The van der Waals surface area contributed by atoms with Crippen LogP contribution in [0.4, 0.5) is 18.9 Å². The van der Waals surface area contributed by atoms with Gasteiger partial charge in [-0.2, -0.15) is 0 Å². The molecule has 0 aromatic heterocycles. The SMILES string of the molecule is C=C/C(=C\C(=C)F)SNc1ccc(F)c(C)c1F. The maximum absolute atomic E-state index is 13.6. The van der Waals surface area contributed by atoms with Crippen molar-refractivity contribution < 1.29 is 13.2 Å². The molecule has 0 saturated carbocycles. The molecule has 1 nitrogen and oxygen atoms in total. The van der Waals surface area contributed by atoms with Crippen molar-refractivity contribution in [3.8, 4) is 0 Å². The molecule has 0 bridgehead atoms. The number of hydrogen-bond donors (Lipinski definition) is 1.